The Labute approximate surface area is 82.4 Å². The topological polar surface area (TPSA) is 39.1 Å². The molecule has 3 nitrogen and oxygen atoms in total. The summed E-state index contributed by atoms with van der Waals surface area (Å²) < 4.78 is 1.69. The molecule has 1 aromatic rings. The Morgan fingerprint density at radius 1 is 1.50 bits per heavy atom. The first-order chi connectivity index (χ1) is 6.70. The van der Waals surface area contributed by atoms with Crippen LogP contribution < -0.4 is 5.56 Å². The Bertz CT molecular complexity index is 416. The second-order valence-electron chi connectivity index (χ2n) is 3.78. The monoisotopic (exact) mass is 191 g/mol. The van der Waals surface area contributed by atoms with Gasteiger partial charge in [-0.2, -0.15) is 0 Å². The number of rotatable bonds is 2. The SMILES string of the molecule is CC(=O)c1cccn(C2CCC2)c1=O. The van der Waals surface area contributed by atoms with E-state index in [1.165, 1.54) is 13.3 Å². The van der Waals surface area contributed by atoms with Crippen LogP contribution >= 0.6 is 0 Å². The molecule has 14 heavy (non-hydrogen) atoms. The normalized spacial score (nSPS) is 16.4. The molecule has 0 amide bonds. The molecule has 0 spiro atoms. The zero-order valence-corrected chi connectivity index (χ0v) is 8.19. The number of hydrogen-bond donors (Lipinski definition) is 0. The standard InChI is InChI=1S/C11H13NO2/c1-8(13)10-6-3-7-12(11(10)14)9-4-2-5-9/h3,6-7,9H,2,4-5H2,1H3. The van der Waals surface area contributed by atoms with Crippen molar-refractivity contribution in [3.63, 3.8) is 0 Å². The van der Waals surface area contributed by atoms with Crippen molar-refractivity contribution in [2.75, 3.05) is 0 Å². The Hall–Kier alpha value is -1.38. The van der Waals surface area contributed by atoms with E-state index >= 15 is 0 Å². The first kappa shape index (κ1) is 9.19. The lowest BCUT2D eigenvalue weighted by atomic mass is 9.92. The Morgan fingerprint density at radius 3 is 2.71 bits per heavy atom. The van der Waals surface area contributed by atoms with Gasteiger partial charge in [0.25, 0.3) is 5.56 Å². The summed E-state index contributed by atoms with van der Waals surface area (Å²) in [6, 6.07) is 3.69. The van der Waals surface area contributed by atoms with Crippen LogP contribution in [0, 0.1) is 0 Å². The molecular formula is C11H13NO2. The minimum Gasteiger partial charge on any atom is -0.312 e. The molecular weight excluding hydrogens is 178 g/mol. The van der Waals surface area contributed by atoms with Gasteiger partial charge >= 0.3 is 0 Å². The minimum atomic E-state index is -0.149. The number of carbonyl (C=O) groups excluding carboxylic acids is 1. The molecule has 2 rings (SSSR count). The summed E-state index contributed by atoms with van der Waals surface area (Å²) in [4.78, 5) is 22.9. The maximum atomic E-state index is 11.8. The Balaban J connectivity index is 2.46. The molecule has 1 fully saturated rings. The number of aromatic nitrogens is 1. The summed E-state index contributed by atoms with van der Waals surface area (Å²) in [6.07, 6.45) is 5.07. The van der Waals surface area contributed by atoms with Crippen molar-refractivity contribution in [1.82, 2.24) is 4.57 Å². The van der Waals surface area contributed by atoms with Gasteiger partial charge < -0.3 is 4.57 Å². The molecule has 1 saturated carbocycles. The highest BCUT2D eigenvalue weighted by Gasteiger charge is 2.21. The van der Waals surface area contributed by atoms with Crippen molar-refractivity contribution in [3.05, 3.63) is 34.2 Å². The van der Waals surface area contributed by atoms with E-state index in [1.54, 1.807) is 22.9 Å². The lowest BCUT2D eigenvalue weighted by Gasteiger charge is -2.27. The molecule has 0 aliphatic heterocycles. The average molecular weight is 191 g/mol. The van der Waals surface area contributed by atoms with Crippen LogP contribution in [0.4, 0.5) is 0 Å². The second-order valence-corrected chi connectivity index (χ2v) is 3.78. The maximum Gasteiger partial charge on any atom is 0.261 e. The van der Waals surface area contributed by atoms with E-state index in [1.807, 2.05) is 0 Å². The van der Waals surface area contributed by atoms with E-state index in [2.05, 4.69) is 0 Å². The second kappa shape index (κ2) is 3.40. The number of ketones is 1. The lowest BCUT2D eigenvalue weighted by Crippen LogP contribution is -2.31. The van der Waals surface area contributed by atoms with Gasteiger partial charge in [-0.15, -0.1) is 0 Å². The largest absolute Gasteiger partial charge is 0.312 e. The van der Waals surface area contributed by atoms with Crippen LogP contribution in [-0.2, 0) is 0 Å². The highest BCUT2D eigenvalue weighted by atomic mass is 16.1. The lowest BCUT2D eigenvalue weighted by molar-refractivity contribution is 0.101. The molecule has 0 unspecified atom stereocenters. The van der Waals surface area contributed by atoms with Crippen molar-refractivity contribution in [3.8, 4) is 0 Å². The van der Waals surface area contributed by atoms with Crippen molar-refractivity contribution in [2.45, 2.75) is 32.2 Å². The number of pyridine rings is 1. The van der Waals surface area contributed by atoms with E-state index in [0.29, 0.717) is 11.6 Å². The zero-order chi connectivity index (χ0) is 10.1. The molecule has 0 N–H and O–H groups in total. The first-order valence-corrected chi connectivity index (χ1v) is 4.92. The average Bonchev–Trinajstić information content (AvgIpc) is 2.04. The van der Waals surface area contributed by atoms with Crippen LogP contribution in [0.25, 0.3) is 0 Å². The third-order valence-electron chi connectivity index (χ3n) is 2.82. The summed E-state index contributed by atoms with van der Waals surface area (Å²) in [6.45, 7) is 1.43. The molecule has 0 bridgehead atoms. The van der Waals surface area contributed by atoms with Crippen LogP contribution in [0.2, 0.25) is 0 Å². The maximum absolute atomic E-state index is 11.8. The smallest absolute Gasteiger partial charge is 0.261 e. The van der Waals surface area contributed by atoms with E-state index < -0.39 is 0 Å². The zero-order valence-electron chi connectivity index (χ0n) is 8.19. The van der Waals surface area contributed by atoms with Gasteiger partial charge in [-0.05, 0) is 38.3 Å². The molecule has 0 radical (unpaired) electrons. The van der Waals surface area contributed by atoms with Gasteiger partial charge in [0.2, 0.25) is 0 Å². The van der Waals surface area contributed by atoms with Gasteiger partial charge in [0.1, 0.15) is 0 Å². The van der Waals surface area contributed by atoms with Gasteiger partial charge in [-0.3, -0.25) is 9.59 Å². The fourth-order valence-electron chi connectivity index (χ4n) is 1.73. The fourth-order valence-corrected chi connectivity index (χ4v) is 1.73. The Morgan fingerprint density at radius 2 is 2.21 bits per heavy atom. The van der Waals surface area contributed by atoms with Gasteiger partial charge in [-0.1, -0.05) is 0 Å². The summed E-state index contributed by atoms with van der Waals surface area (Å²) in [5.74, 6) is -0.149. The summed E-state index contributed by atoms with van der Waals surface area (Å²) >= 11 is 0. The molecule has 1 heterocycles. The van der Waals surface area contributed by atoms with Gasteiger partial charge in [0, 0.05) is 12.2 Å². The number of carbonyl (C=O) groups is 1. The van der Waals surface area contributed by atoms with Gasteiger partial charge in [-0.25, -0.2) is 0 Å². The fraction of sp³-hybridized carbons (Fsp3) is 0.455. The third kappa shape index (κ3) is 1.39. The molecule has 74 valence electrons. The number of Topliss-reactive ketones (excluding diaryl/α,β-unsaturated/α-hetero) is 1. The third-order valence-corrected chi connectivity index (χ3v) is 2.82. The molecule has 3 heteroatoms. The summed E-state index contributed by atoms with van der Waals surface area (Å²) in [7, 11) is 0. The van der Waals surface area contributed by atoms with Crippen molar-refractivity contribution in [1.29, 1.82) is 0 Å². The molecule has 0 aromatic carbocycles. The number of nitrogens with zero attached hydrogens (tertiary/aromatic N) is 1. The van der Waals surface area contributed by atoms with Crippen molar-refractivity contribution >= 4 is 5.78 Å². The highest BCUT2D eigenvalue weighted by Crippen LogP contribution is 2.29. The molecule has 0 saturated heterocycles. The van der Waals surface area contributed by atoms with Crippen molar-refractivity contribution in [2.24, 2.45) is 0 Å². The van der Waals surface area contributed by atoms with Crippen LogP contribution in [0.3, 0.4) is 0 Å². The van der Waals surface area contributed by atoms with E-state index in [0.717, 1.165) is 12.8 Å². The van der Waals surface area contributed by atoms with Crippen molar-refractivity contribution < 1.29 is 4.79 Å². The van der Waals surface area contributed by atoms with Crippen LogP contribution in [0.5, 0.6) is 0 Å². The van der Waals surface area contributed by atoms with Gasteiger partial charge in [0.05, 0.1) is 5.56 Å². The van der Waals surface area contributed by atoms with Crippen LogP contribution in [-0.4, -0.2) is 10.4 Å². The molecule has 1 aliphatic carbocycles. The van der Waals surface area contributed by atoms with Gasteiger partial charge in [0.15, 0.2) is 5.78 Å². The number of hydrogen-bond acceptors (Lipinski definition) is 2. The van der Waals surface area contributed by atoms with E-state index in [4.69, 9.17) is 0 Å². The summed E-state index contributed by atoms with van der Waals surface area (Å²) in [5, 5.41) is 0. The summed E-state index contributed by atoms with van der Waals surface area (Å²) in [5.41, 5.74) is 0.170. The quantitative estimate of drug-likeness (QED) is 0.668. The molecule has 1 aliphatic rings. The van der Waals surface area contributed by atoms with E-state index in [-0.39, 0.29) is 11.3 Å². The Kier molecular flexibility index (Phi) is 2.23. The first-order valence-electron chi connectivity index (χ1n) is 4.92. The van der Waals surface area contributed by atoms with Crippen LogP contribution in [0.15, 0.2) is 23.1 Å². The predicted molar refractivity (Wildman–Crippen MR) is 53.6 cm³/mol. The minimum absolute atomic E-state index is 0.135. The highest BCUT2D eigenvalue weighted by molar-refractivity contribution is 5.93. The predicted octanol–water partition coefficient (Wildman–Crippen LogP) is 1.78. The molecule has 1 aromatic heterocycles. The van der Waals surface area contributed by atoms with Crippen LogP contribution in [0.1, 0.15) is 42.6 Å². The van der Waals surface area contributed by atoms with E-state index in [9.17, 15) is 9.59 Å². The molecule has 0 atom stereocenters.